The van der Waals surface area contributed by atoms with Gasteiger partial charge in [-0.15, -0.1) is 0 Å². The highest BCUT2D eigenvalue weighted by molar-refractivity contribution is 6.10. The summed E-state index contributed by atoms with van der Waals surface area (Å²) in [6, 6.07) is 4.91. The normalized spacial score (nSPS) is 20.6. The van der Waals surface area contributed by atoms with Gasteiger partial charge in [0.1, 0.15) is 17.7 Å². The molecule has 0 fully saturated rings. The summed E-state index contributed by atoms with van der Waals surface area (Å²) in [6.07, 6.45) is 9.22. The second-order valence-corrected chi connectivity index (χ2v) is 5.28. The first kappa shape index (κ1) is 14.4. The van der Waals surface area contributed by atoms with E-state index >= 15 is 0 Å². The summed E-state index contributed by atoms with van der Waals surface area (Å²) in [4.78, 5) is 21.5. The van der Waals surface area contributed by atoms with Crippen molar-refractivity contribution in [3.05, 3.63) is 47.9 Å². The van der Waals surface area contributed by atoms with Crippen molar-refractivity contribution >= 4 is 23.7 Å². The molecule has 1 N–H and O–H groups in total. The van der Waals surface area contributed by atoms with Crippen molar-refractivity contribution in [3.63, 3.8) is 0 Å². The Balaban J connectivity index is 2.12. The van der Waals surface area contributed by atoms with Crippen LogP contribution in [0.3, 0.4) is 0 Å². The molecule has 0 saturated heterocycles. The van der Waals surface area contributed by atoms with Crippen LogP contribution >= 0.6 is 0 Å². The number of aromatic nitrogens is 1. The van der Waals surface area contributed by atoms with Crippen LogP contribution in [0, 0.1) is 0 Å². The minimum atomic E-state index is -0.517. The van der Waals surface area contributed by atoms with Gasteiger partial charge in [0.25, 0.3) is 0 Å². The van der Waals surface area contributed by atoms with Gasteiger partial charge in [-0.3, -0.25) is 4.99 Å². The molecule has 1 amide bonds. The number of hydrogen-bond donors (Lipinski definition) is 1. The van der Waals surface area contributed by atoms with Gasteiger partial charge in [0, 0.05) is 12.3 Å². The van der Waals surface area contributed by atoms with Crippen molar-refractivity contribution in [1.82, 2.24) is 4.98 Å². The molecule has 0 aromatic carbocycles. The van der Waals surface area contributed by atoms with E-state index < -0.39 is 6.04 Å². The maximum atomic E-state index is 12.9. The zero-order valence-electron chi connectivity index (χ0n) is 12.4. The predicted molar refractivity (Wildman–Crippen MR) is 84.8 cm³/mol. The summed E-state index contributed by atoms with van der Waals surface area (Å²) in [5.41, 5.74) is 1.08. The molecule has 0 aliphatic carbocycles. The summed E-state index contributed by atoms with van der Waals surface area (Å²) in [7, 11) is 0. The quantitative estimate of drug-likeness (QED) is 0.869. The van der Waals surface area contributed by atoms with Crippen molar-refractivity contribution < 1.29 is 14.5 Å². The second-order valence-electron chi connectivity index (χ2n) is 5.28. The fourth-order valence-corrected chi connectivity index (χ4v) is 2.69. The van der Waals surface area contributed by atoms with Crippen molar-refractivity contribution in [1.29, 1.82) is 0 Å². The van der Waals surface area contributed by atoms with Crippen LogP contribution < -0.4 is 0 Å². The van der Waals surface area contributed by atoms with E-state index in [4.69, 9.17) is 0 Å². The number of hydrogen-bond acceptors (Lipinski definition) is 4. The molecule has 0 spiro atoms. The Bertz CT molecular complexity index is 715. The van der Waals surface area contributed by atoms with Gasteiger partial charge in [-0.25, -0.2) is 4.79 Å². The molecule has 1 aromatic heterocycles. The van der Waals surface area contributed by atoms with E-state index in [0.717, 1.165) is 12.8 Å². The average Bonchev–Trinajstić information content (AvgIpc) is 2.56. The monoisotopic (exact) mass is 296 g/mol. The van der Waals surface area contributed by atoms with E-state index in [-0.39, 0.29) is 11.7 Å². The van der Waals surface area contributed by atoms with E-state index in [1.165, 1.54) is 0 Å². The Morgan fingerprint density at radius 3 is 2.95 bits per heavy atom. The molecule has 22 heavy (non-hydrogen) atoms. The molecule has 2 aliphatic heterocycles. The zero-order valence-corrected chi connectivity index (χ0v) is 12.4. The molecule has 0 saturated carbocycles. The number of unbranched alkanes of at least 4 members (excludes halogenated alkanes) is 1. The lowest BCUT2D eigenvalue weighted by molar-refractivity contribution is -0.369. The minimum absolute atomic E-state index is 0.0706. The Kier molecular flexibility index (Phi) is 3.96. The number of pyridine rings is 1. The summed E-state index contributed by atoms with van der Waals surface area (Å²) >= 11 is 0. The van der Waals surface area contributed by atoms with Crippen LogP contribution in [0.25, 0.3) is 0 Å². The summed E-state index contributed by atoms with van der Waals surface area (Å²) in [6.45, 7) is 2.06. The van der Waals surface area contributed by atoms with Crippen LogP contribution in [-0.4, -0.2) is 38.5 Å². The lowest BCUT2D eigenvalue weighted by Gasteiger charge is -2.23. The van der Waals surface area contributed by atoms with Crippen LogP contribution in [0.1, 0.15) is 26.2 Å². The molecule has 1 unspecified atom stereocenters. The molecular weight excluding hydrogens is 278 g/mol. The first-order valence-electron chi connectivity index (χ1n) is 7.48. The molecule has 0 bridgehead atoms. The molecule has 1 aromatic rings. The van der Waals surface area contributed by atoms with Crippen LogP contribution in [-0.2, 0) is 4.79 Å². The van der Waals surface area contributed by atoms with Gasteiger partial charge in [0.2, 0.25) is 0 Å². The molecule has 3 heterocycles. The lowest BCUT2D eigenvalue weighted by Crippen LogP contribution is -2.40. The SMILES string of the molecule is CCCCC1=C(O)C2N=CC=CC2=[N+](c2ccccn2)C1=O. The number of allylic oxidation sites excluding steroid dienone is 1. The van der Waals surface area contributed by atoms with Crippen molar-refractivity contribution in [2.45, 2.75) is 32.2 Å². The third-order valence-electron chi connectivity index (χ3n) is 3.81. The Morgan fingerprint density at radius 1 is 1.36 bits per heavy atom. The minimum Gasteiger partial charge on any atom is -0.509 e. The fraction of sp³-hybridized carbons (Fsp3) is 0.294. The van der Waals surface area contributed by atoms with Gasteiger partial charge >= 0.3 is 11.7 Å². The first-order chi connectivity index (χ1) is 10.7. The number of dihydropyridines is 1. The third kappa shape index (κ3) is 2.39. The molecule has 112 valence electrons. The van der Waals surface area contributed by atoms with Gasteiger partial charge in [0.05, 0.1) is 5.57 Å². The van der Waals surface area contributed by atoms with Crippen LogP contribution in [0.5, 0.6) is 0 Å². The average molecular weight is 296 g/mol. The Morgan fingerprint density at radius 2 is 2.23 bits per heavy atom. The van der Waals surface area contributed by atoms with Crippen LogP contribution in [0.15, 0.2) is 52.9 Å². The Labute approximate surface area is 129 Å². The van der Waals surface area contributed by atoms with E-state index in [0.29, 0.717) is 23.5 Å². The molecule has 2 aliphatic rings. The molecule has 0 radical (unpaired) electrons. The van der Waals surface area contributed by atoms with Gasteiger partial charge in [-0.1, -0.05) is 19.4 Å². The third-order valence-corrected chi connectivity index (χ3v) is 3.81. The number of carbonyl (C=O) groups excluding carboxylic acids is 1. The fourth-order valence-electron chi connectivity index (χ4n) is 2.69. The highest BCUT2D eigenvalue weighted by atomic mass is 16.3. The number of fused-ring (bicyclic) bond motifs is 1. The van der Waals surface area contributed by atoms with E-state index in [9.17, 15) is 9.90 Å². The molecule has 3 rings (SSSR count). The highest BCUT2D eigenvalue weighted by Crippen LogP contribution is 2.27. The van der Waals surface area contributed by atoms with E-state index in [1.54, 1.807) is 41.3 Å². The zero-order chi connectivity index (χ0) is 15.5. The van der Waals surface area contributed by atoms with Gasteiger partial charge in [-0.2, -0.15) is 4.58 Å². The lowest BCUT2D eigenvalue weighted by atomic mass is 9.95. The van der Waals surface area contributed by atoms with Gasteiger partial charge < -0.3 is 5.11 Å². The van der Waals surface area contributed by atoms with Gasteiger partial charge in [-0.05, 0) is 36.0 Å². The maximum absolute atomic E-state index is 12.9. The largest absolute Gasteiger partial charge is 0.509 e. The molecule has 1 atom stereocenters. The number of amides is 1. The summed E-state index contributed by atoms with van der Waals surface area (Å²) in [5.74, 6) is 0.412. The van der Waals surface area contributed by atoms with Gasteiger partial charge in [0.15, 0.2) is 6.04 Å². The maximum Gasteiger partial charge on any atom is 0.345 e. The van der Waals surface area contributed by atoms with E-state index in [1.807, 2.05) is 6.07 Å². The highest BCUT2D eigenvalue weighted by Gasteiger charge is 2.40. The number of aliphatic hydroxyl groups is 1. The number of aliphatic imine (C=N–C) groups is 1. The number of nitrogens with zero attached hydrogens (tertiary/aromatic N) is 3. The smallest absolute Gasteiger partial charge is 0.345 e. The second kappa shape index (κ2) is 6.05. The van der Waals surface area contributed by atoms with Crippen molar-refractivity contribution in [3.8, 4) is 0 Å². The standard InChI is InChI=1S/C17H17N3O2/c1-2-3-7-12-16(21)15-13(8-6-11-19-15)20(17(12)22)14-9-4-5-10-18-14/h4-6,8-11,15H,2-3,7H2,1H3/p+1. The van der Waals surface area contributed by atoms with Crippen LogP contribution in [0.2, 0.25) is 0 Å². The molecule has 5 nitrogen and oxygen atoms in total. The topological polar surface area (TPSA) is 65.6 Å². The Hall–Kier alpha value is -2.56. The number of rotatable bonds is 4. The molecular formula is C17H18N3O2+. The van der Waals surface area contributed by atoms with E-state index in [2.05, 4.69) is 16.9 Å². The van der Waals surface area contributed by atoms with Crippen LogP contribution in [0.4, 0.5) is 5.82 Å². The van der Waals surface area contributed by atoms with Crippen molar-refractivity contribution in [2.75, 3.05) is 0 Å². The first-order valence-corrected chi connectivity index (χ1v) is 7.48. The summed E-state index contributed by atoms with van der Waals surface area (Å²) in [5, 5.41) is 10.5. The van der Waals surface area contributed by atoms with Crippen molar-refractivity contribution in [2.24, 2.45) is 4.99 Å². The number of aliphatic hydroxyl groups excluding tert-OH is 1. The summed E-state index contributed by atoms with van der Waals surface area (Å²) < 4.78 is 1.56. The molecule has 5 heteroatoms. The predicted octanol–water partition coefficient (Wildman–Crippen LogP) is 2.72. The number of carbonyl (C=O) groups is 1.